The van der Waals surface area contributed by atoms with Gasteiger partial charge in [0.15, 0.2) is 0 Å². The van der Waals surface area contributed by atoms with E-state index in [1.165, 1.54) is 0 Å². The highest BCUT2D eigenvalue weighted by Gasteiger charge is 2.25. The van der Waals surface area contributed by atoms with Gasteiger partial charge in [-0.1, -0.05) is 40.4 Å². The molecule has 1 fully saturated rings. The van der Waals surface area contributed by atoms with E-state index in [-0.39, 0.29) is 6.04 Å². The van der Waals surface area contributed by atoms with E-state index in [9.17, 15) is 0 Å². The Labute approximate surface area is 135 Å². The third-order valence-electron chi connectivity index (χ3n) is 3.51. The van der Waals surface area contributed by atoms with Gasteiger partial charge in [-0.25, -0.2) is 0 Å². The number of rotatable bonds is 4. The number of benzene rings is 1. The first-order valence-corrected chi connectivity index (χ1v) is 7.86. The van der Waals surface area contributed by atoms with Crippen LogP contribution in [0.15, 0.2) is 24.3 Å². The Balaban J connectivity index is 2.37. The van der Waals surface area contributed by atoms with Gasteiger partial charge in [-0.05, 0) is 31.0 Å². The summed E-state index contributed by atoms with van der Waals surface area (Å²) in [4.78, 5) is 2.42. The van der Waals surface area contributed by atoms with E-state index >= 15 is 0 Å². The molecule has 110 valence electrons. The molecule has 1 saturated heterocycles. The predicted octanol–water partition coefficient (Wildman–Crippen LogP) is 4.56. The lowest BCUT2D eigenvalue weighted by atomic mass is 9.98. The molecular formula is C15H19Cl3N2. The second-order valence-electron chi connectivity index (χ2n) is 5.25. The van der Waals surface area contributed by atoms with Gasteiger partial charge < -0.3 is 5.32 Å². The first kappa shape index (κ1) is 16.1. The topological polar surface area (TPSA) is 15.3 Å². The van der Waals surface area contributed by atoms with E-state index < -0.39 is 0 Å². The minimum absolute atomic E-state index is 0.179. The van der Waals surface area contributed by atoms with E-state index in [1.807, 2.05) is 13.0 Å². The lowest BCUT2D eigenvalue weighted by Crippen LogP contribution is -2.45. The van der Waals surface area contributed by atoms with E-state index in [1.54, 1.807) is 6.07 Å². The third kappa shape index (κ3) is 3.90. The first-order valence-electron chi connectivity index (χ1n) is 6.72. The summed E-state index contributed by atoms with van der Waals surface area (Å²) >= 11 is 18.7. The van der Waals surface area contributed by atoms with Crippen LogP contribution in [0.3, 0.4) is 0 Å². The number of halogens is 3. The zero-order chi connectivity index (χ0) is 14.7. The number of piperazine rings is 1. The van der Waals surface area contributed by atoms with Crippen LogP contribution in [0.1, 0.15) is 24.9 Å². The number of nitrogens with zero attached hydrogens (tertiary/aromatic N) is 1. The van der Waals surface area contributed by atoms with Gasteiger partial charge in [0.05, 0.1) is 10.0 Å². The van der Waals surface area contributed by atoms with Gasteiger partial charge >= 0.3 is 0 Å². The average Bonchev–Trinajstić information content (AvgIpc) is 2.41. The van der Waals surface area contributed by atoms with Gasteiger partial charge in [-0.2, -0.15) is 0 Å². The first-order chi connectivity index (χ1) is 9.49. The van der Waals surface area contributed by atoms with E-state index in [2.05, 4.69) is 16.8 Å². The van der Waals surface area contributed by atoms with Crippen LogP contribution in [0.4, 0.5) is 0 Å². The van der Waals surface area contributed by atoms with E-state index in [4.69, 9.17) is 34.8 Å². The summed E-state index contributed by atoms with van der Waals surface area (Å²) in [7, 11) is 0. The van der Waals surface area contributed by atoms with Gasteiger partial charge in [0.25, 0.3) is 0 Å². The maximum absolute atomic E-state index is 6.40. The van der Waals surface area contributed by atoms with Crippen molar-refractivity contribution in [2.45, 2.75) is 19.4 Å². The molecule has 1 aliphatic heterocycles. The average molecular weight is 334 g/mol. The molecule has 5 heteroatoms. The van der Waals surface area contributed by atoms with E-state index in [0.29, 0.717) is 15.1 Å². The molecule has 0 aliphatic carbocycles. The SMILES string of the molecule is C=C(C)C[C@H](c1cc(Cl)cc(Cl)c1Cl)N1CCNCC1. The van der Waals surface area contributed by atoms with Crippen molar-refractivity contribution >= 4 is 34.8 Å². The lowest BCUT2D eigenvalue weighted by Gasteiger charge is -2.36. The largest absolute Gasteiger partial charge is 0.314 e. The highest BCUT2D eigenvalue weighted by atomic mass is 35.5. The molecule has 0 bridgehead atoms. The predicted molar refractivity (Wildman–Crippen MR) is 88.1 cm³/mol. The van der Waals surface area contributed by atoms with Crippen LogP contribution in [-0.2, 0) is 0 Å². The van der Waals surface area contributed by atoms with Crippen LogP contribution in [-0.4, -0.2) is 31.1 Å². The van der Waals surface area contributed by atoms with Gasteiger partial charge in [0, 0.05) is 37.2 Å². The molecule has 1 aromatic carbocycles. The van der Waals surface area contributed by atoms with Gasteiger partial charge in [-0.15, -0.1) is 6.58 Å². The van der Waals surface area contributed by atoms with Gasteiger partial charge in [-0.3, -0.25) is 4.90 Å². The summed E-state index contributed by atoms with van der Waals surface area (Å²) in [6.45, 7) is 10.0. The van der Waals surface area contributed by atoms with Crippen LogP contribution in [0.25, 0.3) is 0 Å². The molecule has 0 spiro atoms. The molecule has 1 atom stereocenters. The molecule has 1 aromatic rings. The Morgan fingerprint density at radius 2 is 1.95 bits per heavy atom. The quantitative estimate of drug-likeness (QED) is 0.642. The highest BCUT2D eigenvalue weighted by Crippen LogP contribution is 2.38. The smallest absolute Gasteiger partial charge is 0.0641 e. The molecule has 0 aromatic heterocycles. The normalized spacial score (nSPS) is 18.0. The Bertz CT molecular complexity index is 496. The second-order valence-corrected chi connectivity index (χ2v) is 6.48. The molecule has 20 heavy (non-hydrogen) atoms. The molecule has 0 amide bonds. The summed E-state index contributed by atoms with van der Waals surface area (Å²) in [5, 5.41) is 5.09. The summed E-state index contributed by atoms with van der Waals surface area (Å²) in [5.74, 6) is 0. The van der Waals surface area contributed by atoms with Crippen LogP contribution in [0, 0.1) is 0 Å². The molecule has 1 aliphatic rings. The Kier molecular flexibility index (Phi) is 5.76. The Hall–Kier alpha value is -0.250. The molecule has 2 nitrogen and oxygen atoms in total. The maximum Gasteiger partial charge on any atom is 0.0641 e. The number of hydrogen-bond donors (Lipinski definition) is 1. The molecule has 0 saturated carbocycles. The minimum Gasteiger partial charge on any atom is -0.314 e. The monoisotopic (exact) mass is 332 g/mol. The van der Waals surface area contributed by atoms with Crippen molar-refractivity contribution in [3.05, 3.63) is 44.9 Å². The summed E-state index contributed by atoms with van der Waals surface area (Å²) in [6.07, 6.45) is 0.858. The molecule has 0 radical (unpaired) electrons. The van der Waals surface area contributed by atoms with Crippen molar-refractivity contribution in [3.8, 4) is 0 Å². The maximum atomic E-state index is 6.40. The van der Waals surface area contributed by atoms with Crippen molar-refractivity contribution in [2.75, 3.05) is 26.2 Å². The summed E-state index contributed by atoms with van der Waals surface area (Å²) in [6, 6.07) is 3.79. The van der Waals surface area contributed by atoms with Crippen LogP contribution >= 0.6 is 34.8 Å². The van der Waals surface area contributed by atoms with E-state index in [0.717, 1.165) is 43.7 Å². The standard InChI is InChI=1S/C15H19Cl3N2/c1-10(2)7-14(20-5-3-19-4-6-20)12-8-11(16)9-13(17)15(12)18/h8-9,14,19H,1,3-7H2,2H3/t14-/m1/s1. The van der Waals surface area contributed by atoms with Crippen molar-refractivity contribution in [1.29, 1.82) is 0 Å². The van der Waals surface area contributed by atoms with Crippen molar-refractivity contribution < 1.29 is 0 Å². The lowest BCUT2D eigenvalue weighted by molar-refractivity contribution is 0.172. The minimum atomic E-state index is 0.179. The van der Waals surface area contributed by atoms with Crippen molar-refractivity contribution in [2.24, 2.45) is 0 Å². The second kappa shape index (κ2) is 7.15. The highest BCUT2D eigenvalue weighted by molar-refractivity contribution is 6.43. The number of hydrogen-bond acceptors (Lipinski definition) is 2. The zero-order valence-corrected chi connectivity index (χ0v) is 13.8. The van der Waals surface area contributed by atoms with Crippen LogP contribution in [0.2, 0.25) is 15.1 Å². The fourth-order valence-corrected chi connectivity index (χ4v) is 3.32. The summed E-state index contributed by atoms with van der Waals surface area (Å²) < 4.78 is 0. The van der Waals surface area contributed by atoms with Crippen LogP contribution < -0.4 is 5.32 Å². The van der Waals surface area contributed by atoms with Crippen molar-refractivity contribution in [1.82, 2.24) is 10.2 Å². The third-order valence-corrected chi connectivity index (χ3v) is 4.55. The molecule has 2 rings (SSSR count). The zero-order valence-electron chi connectivity index (χ0n) is 11.6. The Morgan fingerprint density at radius 1 is 1.30 bits per heavy atom. The fraction of sp³-hybridized carbons (Fsp3) is 0.467. The van der Waals surface area contributed by atoms with Gasteiger partial charge in [0.2, 0.25) is 0 Å². The molecule has 0 unspecified atom stereocenters. The molecular weight excluding hydrogens is 315 g/mol. The number of nitrogens with one attached hydrogen (secondary N) is 1. The van der Waals surface area contributed by atoms with Crippen molar-refractivity contribution in [3.63, 3.8) is 0 Å². The fourth-order valence-electron chi connectivity index (χ4n) is 2.58. The summed E-state index contributed by atoms with van der Waals surface area (Å²) in [5.41, 5.74) is 2.12. The Morgan fingerprint density at radius 3 is 2.55 bits per heavy atom. The van der Waals surface area contributed by atoms with Gasteiger partial charge in [0.1, 0.15) is 0 Å². The molecule has 1 N–H and O–H groups in total. The molecule has 1 heterocycles. The van der Waals surface area contributed by atoms with Crippen LogP contribution in [0.5, 0.6) is 0 Å².